The zero-order chi connectivity index (χ0) is 25.2. The molecule has 11 nitrogen and oxygen atoms in total. The first-order valence-corrected chi connectivity index (χ1v) is 10.9. The summed E-state index contributed by atoms with van der Waals surface area (Å²) in [4.78, 5) is 61.0. The molecule has 11 heteroatoms. The van der Waals surface area contributed by atoms with Gasteiger partial charge in [0.15, 0.2) is 0 Å². The first kappa shape index (κ1) is 29.3. The molecular weight excluding hydrogens is 418 g/mol. The molecule has 0 radical (unpaired) electrons. The number of primary amides is 1. The number of amides is 4. The first-order chi connectivity index (χ1) is 14.7. The molecule has 0 rings (SSSR count). The van der Waals surface area contributed by atoms with Crippen LogP contribution in [-0.2, 0) is 24.0 Å². The maximum absolute atomic E-state index is 12.9. The van der Waals surface area contributed by atoms with E-state index in [0.29, 0.717) is 12.8 Å². The van der Waals surface area contributed by atoms with Gasteiger partial charge < -0.3 is 32.5 Å². The summed E-state index contributed by atoms with van der Waals surface area (Å²) in [7, 11) is 0. The van der Waals surface area contributed by atoms with Crippen molar-refractivity contribution in [3.63, 3.8) is 0 Å². The molecule has 0 aromatic heterocycles. The number of carbonyl (C=O) groups excluding carboxylic acids is 4. The zero-order valence-electron chi connectivity index (χ0n) is 19.8. The summed E-state index contributed by atoms with van der Waals surface area (Å²) in [6, 6.07) is -4.42. The predicted molar refractivity (Wildman–Crippen MR) is 119 cm³/mol. The Morgan fingerprint density at radius 2 is 1.38 bits per heavy atom. The second-order valence-corrected chi connectivity index (χ2v) is 8.91. The molecule has 0 saturated heterocycles. The summed E-state index contributed by atoms with van der Waals surface area (Å²) in [6.07, 6.45) is 0.398. The standard InChI is InChI=1S/C21H39N5O6/c1-7-12(6)17(20(30)25-16(11(4)5)21(31)32)26-19(29)14(9-15(23)27)24-18(28)13(22)8-10(2)3/h10-14,16-17H,7-9,22H2,1-6H3,(H2,23,27)(H,24,28)(H,25,30)(H,26,29)(H,31,32). The minimum Gasteiger partial charge on any atom is -0.480 e. The van der Waals surface area contributed by atoms with E-state index in [9.17, 15) is 29.1 Å². The molecule has 0 spiro atoms. The van der Waals surface area contributed by atoms with Crippen molar-refractivity contribution in [1.29, 1.82) is 0 Å². The largest absolute Gasteiger partial charge is 0.480 e. The Hall–Kier alpha value is -2.69. The highest BCUT2D eigenvalue weighted by molar-refractivity contribution is 5.96. The summed E-state index contributed by atoms with van der Waals surface area (Å²) >= 11 is 0. The van der Waals surface area contributed by atoms with Gasteiger partial charge in [0.25, 0.3) is 0 Å². The zero-order valence-corrected chi connectivity index (χ0v) is 19.8. The molecule has 0 aromatic rings. The Morgan fingerprint density at radius 3 is 1.78 bits per heavy atom. The fourth-order valence-corrected chi connectivity index (χ4v) is 3.02. The van der Waals surface area contributed by atoms with E-state index >= 15 is 0 Å². The average Bonchev–Trinajstić information content (AvgIpc) is 2.67. The van der Waals surface area contributed by atoms with Gasteiger partial charge in [-0.25, -0.2) is 4.79 Å². The predicted octanol–water partition coefficient (Wildman–Crippen LogP) is -0.524. The normalized spacial score (nSPS) is 15.9. The van der Waals surface area contributed by atoms with Crippen molar-refractivity contribution in [3.05, 3.63) is 0 Å². The molecule has 0 aliphatic heterocycles. The minimum atomic E-state index is -1.32. The van der Waals surface area contributed by atoms with Crippen molar-refractivity contribution in [2.75, 3.05) is 0 Å². The lowest BCUT2D eigenvalue weighted by molar-refractivity contribution is -0.144. The summed E-state index contributed by atoms with van der Waals surface area (Å²) < 4.78 is 0. The number of nitrogens with two attached hydrogens (primary N) is 2. The van der Waals surface area contributed by atoms with Crippen molar-refractivity contribution in [2.45, 2.75) is 85.0 Å². The minimum absolute atomic E-state index is 0.140. The highest BCUT2D eigenvalue weighted by atomic mass is 16.4. The average molecular weight is 458 g/mol. The summed E-state index contributed by atoms with van der Waals surface area (Å²) in [5.74, 6) is -4.68. The molecular formula is C21H39N5O6. The Morgan fingerprint density at radius 1 is 0.844 bits per heavy atom. The van der Waals surface area contributed by atoms with E-state index in [2.05, 4.69) is 16.0 Å². The van der Waals surface area contributed by atoms with Crippen LogP contribution in [0.2, 0.25) is 0 Å². The topological polar surface area (TPSA) is 194 Å². The molecule has 0 aliphatic carbocycles. The van der Waals surface area contributed by atoms with Gasteiger partial charge in [0.1, 0.15) is 18.1 Å². The summed E-state index contributed by atoms with van der Waals surface area (Å²) in [6.45, 7) is 10.6. The monoisotopic (exact) mass is 457 g/mol. The third-order valence-corrected chi connectivity index (χ3v) is 5.12. The third kappa shape index (κ3) is 10.1. The van der Waals surface area contributed by atoms with Crippen molar-refractivity contribution < 1.29 is 29.1 Å². The second kappa shape index (κ2) is 13.7. The Balaban J connectivity index is 5.57. The molecule has 0 saturated carbocycles. The number of carboxylic acid groups (broad SMARTS) is 1. The van der Waals surface area contributed by atoms with Crippen molar-refractivity contribution in [1.82, 2.24) is 16.0 Å². The maximum atomic E-state index is 12.9. The molecule has 32 heavy (non-hydrogen) atoms. The van der Waals surface area contributed by atoms with Crippen LogP contribution in [0, 0.1) is 17.8 Å². The van der Waals surface area contributed by atoms with Crippen LogP contribution in [0.25, 0.3) is 0 Å². The first-order valence-electron chi connectivity index (χ1n) is 10.9. The fourth-order valence-electron chi connectivity index (χ4n) is 3.02. The fraction of sp³-hybridized carbons (Fsp3) is 0.762. The second-order valence-electron chi connectivity index (χ2n) is 8.91. The van der Waals surface area contributed by atoms with Crippen molar-refractivity contribution >= 4 is 29.6 Å². The molecule has 5 atom stereocenters. The van der Waals surface area contributed by atoms with Gasteiger partial charge in [-0.15, -0.1) is 0 Å². The van der Waals surface area contributed by atoms with Crippen molar-refractivity contribution in [2.24, 2.45) is 29.2 Å². The molecule has 5 unspecified atom stereocenters. The van der Waals surface area contributed by atoms with Gasteiger partial charge in [-0.3, -0.25) is 19.2 Å². The number of carbonyl (C=O) groups is 5. The van der Waals surface area contributed by atoms with Crippen LogP contribution in [-0.4, -0.2) is 58.9 Å². The molecule has 0 fully saturated rings. The van der Waals surface area contributed by atoms with Gasteiger partial charge in [-0.05, 0) is 24.2 Å². The van der Waals surface area contributed by atoms with Gasteiger partial charge in [-0.2, -0.15) is 0 Å². The Bertz CT molecular complexity index is 682. The SMILES string of the molecule is CCC(C)C(NC(=O)C(CC(N)=O)NC(=O)C(N)CC(C)C)C(=O)NC(C(=O)O)C(C)C. The van der Waals surface area contributed by atoms with Crippen LogP contribution in [0.1, 0.15) is 60.8 Å². The highest BCUT2D eigenvalue weighted by Crippen LogP contribution is 2.11. The maximum Gasteiger partial charge on any atom is 0.326 e. The van der Waals surface area contributed by atoms with E-state index in [0.717, 1.165) is 0 Å². The number of nitrogens with one attached hydrogen (secondary N) is 3. The molecule has 8 N–H and O–H groups in total. The Labute approximate surface area is 189 Å². The van der Waals surface area contributed by atoms with Crippen molar-refractivity contribution in [3.8, 4) is 0 Å². The summed E-state index contributed by atoms with van der Waals surface area (Å²) in [5, 5.41) is 16.7. The van der Waals surface area contributed by atoms with Gasteiger partial charge in [-0.1, -0.05) is 48.0 Å². The lowest BCUT2D eigenvalue weighted by Crippen LogP contribution is -2.59. The summed E-state index contributed by atoms with van der Waals surface area (Å²) in [5.41, 5.74) is 11.1. The molecule has 4 amide bonds. The smallest absolute Gasteiger partial charge is 0.326 e. The van der Waals surface area contributed by atoms with E-state index in [1.165, 1.54) is 0 Å². The number of rotatable bonds is 14. The van der Waals surface area contributed by atoms with E-state index in [1.54, 1.807) is 20.8 Å². The molecule has 0 aliphatic rings. The van der Waals surface area contributed by atoms with Gasteiger partial charge in [0, 0.05) is 0 Å². The molecule has 0 heterocycles. The van der Waals surface area contributed by atoms with Gasteiger partial charge in [0.2, 0.25) is 23.6 Å². The van der Waals surface area contributed by atoms with Crippen LogP contribution in [0.3, 0.4) is 0 Å². The third-order valence-electron chi connectivity index (χ3n) is 5.12. The highest BCUT2D eigenvalue weighted by Gasteiger charge is 2.34. The molecule has 0 aromatic carbocycles. The Kier molecular flexibility index (Phi) is 12.5. The van der Waals surface area contributed by atoms with Crippen LogP contribution < -0.4 is 27.4 Å². The lowest BCUT2D eigenvalue weighted by Gasteiger charge is -2.28. The van der Waals surface area contributed by atoms with E-state index in [1.807, 2.05) is 20.8 Å². The van der Waals surface area contributed by atoms with E-state index in [-0.39, 0.29) is 17.8 Å². The van der Waals surface area contributed by atoms with E-state index in [4.69, 9.17) is 11.5 Å². The molecule has 0 bridgehead atoms. The number of hydrogen-bond donors (Lipinski definition) is 6. The quantitative estimate of drug-likeness (QED) is 0.202. The van der Waals surface area contributed by atoms with Gasteiger partial charge in [0.05, 0.1) is 12.5 Å². The van der Waals surface area contributed by atoms with Crippen LogP contribution in [0.15, 0.2) is 0 Å². The number of carboxylic acids is 1. The van der Waals surface area contributed by atoms with Crippen LogP contribution in [0.5, 0.6) is 0 Å². The van der Waals surface area contributed by atoms with Crippen LogP contribution >= 0.6 is 0 Å². The molecule has 184 valence electrons. The lowest BCUT2D eigenvalue weighted by atomic mass is 9.96. The van der Waals surface area contributed by atoms with Crippen LogP contribution in [0.4, 0.5) is 0 Å². The van der Waals surface area contributed by atoms with E-state index < -0.39 is 60.2 Å². The van der Waals surface area contributed by atoms with Gasteiger partial charge >= 0.3 is 5.97 Å². The number of hydrogen-bond acceptors (Lipinski definition) is 6. The number of aliphatic carboxylic acids is 1.